The Morgan fingerprint density at radius 3 is 2.33 bits per heavy atom. The van der Waals surface area contributed by atoms with Crippen LogP contribution in [0.2, 0.25) is 0 Å². The van der Waals surface area contributed by atoms with Crippen molar-refractivity contribution >= 4 is 12.0 Å². The second-order valence-corrected chi connectivity index (χ2v) is 8.99. The van der Waals surface area contributed by atoms with Gasteiger partial charge >= 0.3 is 6.09 Å². The predicted molar refractivity (Wildman–Crippen MR) is 126 cm³/mol. The molecule has 0 spiro atoms. The van der Waals surface area contributed by atoms with Gasteiger partial charge in [-0.15, -0.1) is 0 Å². The van der Waals surface area contributed by atoms with Crippen LogP contribution in [0.1, 0.15) is 37.8 Å². The van der Waals surface area contributed by atoms with Gasteiger partial charge in [0.25, 0.3) is 5.91 Å². The molecule has 0 aliphatic carbocycles. The molecule has 174 valence electrons. The second kappa shape index (κ2) is 11.5. The van der Waals surface area contributed by atoms with Crippen molar-refractivity contribution in [3.63, 3.8) is 0 Å². The highest BCUT2D eigenvalue weighted by Crippen LogP contribution is 2.23. The summed E-state index contributed by atoms with van der Waals surface area (Å²) in [5.74, 6) is -0.291. The van der Waals surface area contributed by atoms with Crippen molar-refractivity contribution in [3.05, 3.63) is 71.8 Å². The summed E-state index contributed by atoms with van der Waals surface area (Å²) in [6.45, 7) is 6.08. The van der Waals surface area contributed by atoms with Crippen LogP contribution in [0.25, 0.3) is 0 Å². The van der Waals surface area contributed by atoms with Crippen molar-refractivity contribution in [2.24, 2.45) is 5.92 Å². The van der Waals surface area contributed by atoms with Gasteiger partial charge in [-0.3, -0.25) is 9.69 Å². The molecular formula is C26H32N4O3. The number of rotatable bonds is 9. The minimum Gasteiger partial charge on any atom is -0.436 e. The van der Waals surface area contributed by atoms with E-state index in [1.165, 1.54) is 0 Å². The number of hydrogen-bond acceptors (Lipinski definition) is 5. The summed E-state index contributed by atoms with van der Waals surface area (Å²) in [7, 11) is 0. The van der Waals surface area contributed by atoms with Crippen molar-refractivity contribution in [1.29, 1.82) is 5.26 Å². The SMILES string of the molecule is CC(C)C[C@H](OC(=O)NCc1ccccc1)C(=O)NC1(C#N)CCN(Cc2ccccc2)C1. The maximum absolute atomic E-state index is 13.1. The molecule has 1 heterocycles. The average Bonchev–Trinajstić information content (AvgIpc) is 3.21. The van der Waals surface area contributed by atoms with Gasteiger partial charge in [-0.2, -0.15) is 5.26 Å². The molecule has 1 fully saturated rings. The molecule has 2 aromatic carbocycles. The zero-order valence-corrected chi connectivity index (χ0v) is 19.3. The van der Waals surface area contributed by atoms with E-state index < -0.39 is 23.6 Å². The van der Waals surface area contributed by atoms with E-state index in [0.29, 0.717) is 39.0 Å². The first kappa shape index (κ1) is 24.3. The average molecular weight is 449 g/mol. The fourth-order valence-corrected chi connectivity index (χ4v) is 3.98. The molecule has 7 heteroatoms. The van der Waals surface area contributed by atoms with Crippen LogP contribution in [-0.4, -0.2) is 41.6 Å². The number of benzene rings is 2. The van der Waals surface area contributed by atoms with Crippen LogP contribution in [0.5, 0.6) is 0 Å². The van der Waals surface area contributed by atoms with E-state index in [9.17, 15) is 14.9 Å². The van der Waals surface area contributed by atoms with E-state index in [2.05, 4.69) is 21.6 Å². The Bertz CT molecular complexity index is 959. The molecule has 1 aliphatic rings. The zero-order chi connectivity index (χ0) is 23.7. The summed E-state index contributed by atoms with van der Waals surface area (Å²) in [6, 6.07) is 21.8. The Kier molecular flexibility index (Phi) is 8.45. The van der Waals surface area contributed by atoms with Crippen molar-refractivity contribution in [1.82, 2.24) is 15.5 Å². The summed E-state index contributed by atoms with van der Waals surface area (Å²) in [5.41, 5.74) is 1.10. The van der Waals surface area contributed by atoms with Crippen molar-refractivity contribution in [3.8, 4) is 6.07 Å². The van der Waals surface area contributed by atoms with Crippen LogP contribution < -0.4 is 10.6 Å². The number of carbonyl (C=O) groups is 2. The first-order valence-corrected chi connectivity index (χ1v) is 11.4. The highest BCUT2D eigenvalue weighted by molar-refractivity contribution is 5.84. The lowest BCUT2D eigenvalue weighted by Gasteiger charge is -2.27. The number of ether oxygens (including phenoxy) is 1. The number of nitriles is 1. The number of likely N-dealkylation sites (tertiary alicyclic amines) is 1. The highest BCUT2D eigenvalue weighted by atomic mass is 16.6. The third-order valence-electron chi connectivity index (χ3n) is 5.68. The Morgan fingerprint density at radius 2 is 1.73 bits per heavy atom. The summed E-state index contributed by atoms with van der Waals surface area (Å²) in [5, 5.41) is 15.5. The maximum Gasteiger partial charge on any atom is 0.408 e. The molecule has 0 aromatic heterocycles. The predicted octanol–water partition coefficient (Wildman–Crippen LogP) is 3.61. The lowest BCUT2D eigenvalue weighted by molar-refractivity contribution is -0.131. The van der Waals surface area contributed by atoms with Crippen LogP contribution in [-0.2, 0) is 22.6 Å². The van der Waals surface area contributed by atoms with Gasteiger partial charge in [0.2, 0.25) is 0 Å². The maximum atomic E-state index is 13.1. The topological polar surface area (TPSA) is 94.5 Å². The number of nitrogens with zero attached hydrogens (tertiary/aromatic N) is 2. The van der Waals surface area contributed by atoms with Gasteiger partial charge in [0, 0.05) is 26.2 Å². The third-order valence-corrected chi connectivity index (χ3v) is 5.68. The van der Waals surface area contributed by atoms with Gasteiger partial charge in [0.1, 0.15) is 5.54 Å². The van der Waals surface area contributed by atoms with E-state index in [1.54, 1.807) is 0 Å². The second-order valence-electron chi connectivity index (χ2n) is 8.99. The fourth-order valence-electron chi connectivity index (χ4n) is 3.98. The van der Waals surface area contributed by atoms with Crippen LogP contribution in [0.3, 0.4) is 0 Å². The quantitative estimate of drug-likeness (QED) is 0.611. The standard InChI is InChI=1S/C26H32N4O3/c1-20(2)15-23(33-25(32)28-16-21-9-5-3-6-10-21)24(31)29-26(18-27)13-14-30(19-26)17-22-11-7-4-8-12-22/h3-12,20,23H,13-17,19H2,1-2H3,(H,28,32)(H,29,31)/t23-,26?/m0/s1. The molecule has 2 aromatic rings. The first-order valence-electron chi connectivity index (χ1n) is 11.4. The minimum atomic E-state index is -0.995. The van der Waals surface area contributed by atoms with Gasteiger partial charge in [-0.25, -0.2) is 4.79 Å². The Labute approximate surface area is 195 Å². The molecule has 2 atom stereocenters. The molecule has 2 N–H and O–H groups in total. The Hall–Kier alpha value is -3.37. The van der Waals surface area contributed by atoms with Gasteiger partial charge in [0.15, 0.2) is 6.10 Å². The molecule has 0 saturated carbocycles. The molecule has 1 saturated heterocycles. The molecule has 33 heavy (non-hydrogen) atoms. The normalized spacial score (nSPS) is 19.0. The van der Waals surface area contributed by atoms with Gasteiger partial charge < -0.3 is 15.4 Å². The largest absolute Gasteiger partial charge is 0.436 e. The van der Waals surface area contributed by atoms with E-state index in [-0.39, 0.29) is 5.92 Å². The molecule has 1 aliphatic heterocycles. The lowest BCUT2D eigenvalue weighted by Crippen LogP contribution is -2.53. The van der Waals surface area contributed by atoms with E-state index >= 15 is 0 Å². The Morgan fingerprint density at radius 1 is 1.09 bits per heavy atom. The molecule has 3 rings (SSSR count). The van der Waals surface area contributed by atoms with Crippen molar-refractivity contribution in [2.45, 2.75) is 51.4 Å². The number of amides is 2. The van der Waals surface area contributed by atoms with Crippen molar-refractivity contribution in [2.75, 3.05) is 13.1 Å². The molecular weight excluding hydrogens is 416 g/mol. The van der Waals surface area contributed by atoms with Gasteiger partial charge in [-0.05, 0) is 29.9 Å². The minimum absolute atomic E-state index is 0.138. The summed E-state index contributed by atoms with van der Waals surface area (Å²) < 4.78 is 5.48. The highest BCUT2D eigenvalue weighted by Gasteiger charge is 2.41. The van der Waals surface area contributed by atoms with Gasteiger partial charge in [0.05, 0.1) is 6.07 Å². The smallest absolute Gasteiger partial charge is 0.408 e. The fraction of sp³-hybridized carbons (Fsp3) is 0.423. The molecule has 0 radical (unpaired) electrons. The number of alkyl carbamates (subject to hydrolysis) is 1. The molecule has 0 bridgehead atoms. The third kappa shape index (κ3) is 7.33. The summed E-state index contributed by atoms with van der Waals surface area (Å²) in [4.78, 5) is 27.6. The Balaban J connectivity index is 1.58. The van der Waals surface area contributed by atoms with Gasteiger partial charge in [-0.1, -0.05) is 74.5 Å². The number of nitrogens with one attached hydrogen (secondary N) is 2. The van der Waals surface area contributed by atoms with Crippen LogP contribution in [0, 0.1) is 17.2 Å². The summed E-state index contributed by atoms with van der Waals surface area (Å²) >= 11 is 0. The molecule has 7 nitrogen and oxygen atoms in total. The number of carbonyl (C=O) groups excluding carboxylic acids is 2. The van der Waals surface area contributed by atoms with E-state index in [1.807, 2.05) is 74.5 Å². The number of hydrogen-bond donors (Lipinski definition) is 2. The van der Waals surface area contributed by atoms with Crippen LogP contribution in [0.4, 0.5) is 4.79 Å². The molecule has 2 amide bonds. The monoisotopic (exact) mass is 448 g/mol. The van der Waals surface area contributed by atoms with Crippen molar-refractivity contribution < 1.29 is 14.3 Å². The van der Waals surface area contributed by atoms with E-state index in [4.69, 9.17) is 4.74 Å². The zero-order valence-electron chi connectivity index (χ0n) is 19.3. The summed E-state index contributed by atoms with van der Waals surface area (Å²) in [6.07, 6.45) is -0.715. The lowest BCUT2D eigenvalue weighted by atomic mass is 9.98. The van der Waals surface area contributed by atoms with E-state index in [0.717, 1.165) is 11.1 Å². The molecule has 1 unspecified atom stereocenters. The first-order chi connectivity index (χ1) is 15.9. The van der Waals surface area contributed by atoms with Crippen LogP contribution >= 0.6 is 0 Å². The van der Waals surface area contributed by atoms with Crippen LogP contribution in [0.15, 0.2) is 60.7 Å².